The lowest BCUT2D eigenvalue weighted by atomic mass is 9.97. The maximum absolute atomic E-state index is 12.9. The summed E-state index contributed by atoms with van der Waals surface area (Å²) in [5.41, 5.74) is 1.61. The Bertz CT molecular complexity index is 780. The molecule has 26 heavy (non-hydrogen) atoms. The summed E-state index contributed by atoms with van der Waals surface area (Å²) in [6.45, 7) is 10.1. The van der Waals surface area contributed by atoms with Crippen LogP contribution < -0.4 is 9.64 Å². The Hall–Kier alpha value is -2.50. The predicted octanol–water partition coefficient (Wildman–Crippen LogP) is 3.30. The fourth-order valence-electron chi connectivity index (χ4n) is 3.51. The SMILES string of the molecule is CCc1nc(C)c(C(=O)N2CCN(c3ccc(OC)cc3)C(C)(C)C2)o1. The Morgan fingerprint density at radius 3 is 2.50 bits per heavy atom. The molecule has 0 unspecified atom stereocenters. The monoisotopic (exact) mass is 357 g/mol. The van der Waals surface area contributed by atoms with E-state index in [2.05, 4.69) is 35.9 Å². The molecule has 1 aromatic carbocycles. The number of hydrogen-bond acceptors (Lipinski definition) is 5. The van der Waals surface area contributed by atoms with Crippen LogP contribution in [0.25, 0.3) is 0 Å². The second-order valence-electron chi connectivity index (χ2n) is 7.26. The molecule has 0 spiro atoms. The number of aryl methyl sites for hydroxylation is 2. The van der Waals surface area contributed by atoms with E-state index in [1.165, 1.54) is 0 Å². The standard InChI is InChI=1S/C20H27N3O3/c1-6-17-21-14(2)18(26-17)19(24)22-11-12-23(20(3,4)13-22)15-7-9-16(25-5)10-8-15/h7-10H,6,11-13H2,1-5H3. The van der Waals surface area contributed by atoms with Crippen molar-refractivity contribution in [3.05, 3.63) is 41.6 Å². The highest BCUT2D eigenvalue weighted by molar-refractivity contribution is 5.92. The van der Waals surface area contributed by atoms with E-state index in [0.717, 1.165) is 18.0 Å². The second kappa shape index (κ2) is 7.02. The van der Waals surface area contributed by atoms with Gasteiger partial charge in [-0.25, -0.2) is 4.98 Å². The Morgan fingerprint density at radius 2 is 1.96 bits per heavy atom. The van der Waals surface area contributed by atoms with E-state index < -0.39 is 0 Å². The minimum Gasteiger partial charge on any atom is -0.497 e. The van der Waals surface area contributed by atoms with Gasteiger partial charge in [-0.05, 0) is 45.0 Å². The zero-order valence-corrected chi connectivity index (χ0v) is 16.2. The molecule has 6 heteroatoms. The van der Waals surface area contributed by atoms with E-state index in [9.17, 15) is 4.79 Å². The summed E-state index contributed by atoms with van der Waals surface area (Å²) in [6, 6.07) is 8.05. The fourth-order valence-corrected chi connectivity index (χ4v) is 3.51. The minimum atomic E-state index is -0.190. The molecule has 1 aromatic heterocycles. The number of carbonyl (C=O) groups excluding carboxylic acids is 1. The number of rotatable bonds is 4. The van der Waals surface area contributed by atoms with Crippen molar-refractivity contribution in [2.24, 2.45) is 0 Å². The molecule has 0 bridgehead atoms. The van der Waals surface area contributed by atoms with Crippen LogP contribution in [0.15, 0.2) is 28.7 Å². The van der Waals surface area contributed by atoms with Crippen LogP contribution in [0, 0.1) is 6.92 Å². The van der Waals surface area contributed by atoms with Gasteiger partial charge in [-0.2, -0.15) is 0 Å². The fraction of sp³-hybridized carbons (Fsp3) is 0.500. The lowest BCUT2D eigenvalue weighted by molar-refractivity contribution is 0.0651. The van der Waals surface area contributed by atoms with Crippen LogP contribution in [-0.2, 0) is 6.42 Å². The highest BCUT2D eigenvalue weighted by Gasteiger charge is 2.37. The van der Waals surface area contributed by atoms with E-state index in [4.69, 9.17) is 9.15 Å². The first-order chi connectivity index (χ1) is 12.4. The van der Waals surface area contributed by atoms with Crippen molar-refractivity contribution in [1.29, 1.82) is 0 Å². The van der Waals surface area contributed by atoms with Crippen molar-refractivity contribution >= 4 is 11.6 Å². The van der Waals surface area contributed by atoms with Crippen molar-refractivity contribution in [1.82, 2.24) is 9.88 Å². The molecule has 140 valence electrons. The largest absolute Gasteiger partial charge is 0.497 e. The third-order valence-electron chi connectivity index (χ3n) is 4.91. The number of hydrogen-bond donors (Lipinski definition) is 0. The van der Waals surface area contributed by atoms with Gasteiger partial charge in [-0.1, -0.05) is 6.92 Å². The molecule has 0 atom stereocenters. The van der Waals surface area contributed by atoms with Gasteiger partial charge in [0.25, 0.3) is 5.91 Å². The van der Waals surface area contributed by atoms with Crippen molar-refractivity contribution in [2.75, 3.05) is 31.6 Å². The quantitative estimate of drug-likeness (QED) is 0.840. The minimum absolute atomic E-state index is 0.0721. The topological polar surface area (TPSA) is 58.8 Å². The first-order valence-corrected chi connectivity index (χ1v) is 9.03. The Labute approximate surface area is 154 Å². The highest BCUT2D eigenvalue weighted by Crippen LogP contribution is 2.30. The number of aromatic nitrogens is 1. The van der Waals surface area contributed by atoms with Crippen LogP contribution in [0.3, 0.4) is 0 Å². The summed E-state index contributed by atoms with van der Waals surface area (Å²) in [7, 11) is 1.67. The van der Waals surface area contributed by atoms with Gasteiger partial charge in [0.2, 0.25) is 5.76 Å². The van der Waals surface area contributed by atoms with Crippen LogP contribution >= 0.6 is 0 Å². The average molecular weight is 357 g/mol. The number of anilines is 1. The number of amides is 1. The lowest BCUT2D eigenvalue weighted by Crippen LogP contribution is -2.60. The van der Waals surface area contributed by atoms with E-state index >= 15 is 0 Å². The summed E-state index contributed by atoms with van der Waals surface area (Å²) in [5, 5.41) is 0. The van der Waals surface area contributed by atoms with Crippen molar-refractivity contribution in [3.8, 4) is 5.75 Å². The molecule has 1 fully saturated rings. The number of nitrogens with zero attached hydrogens (tertiary/aromatic N) is 3. The van der Waals surface area contributed by atoms with Gasteiger partial charge in [0.05, 0.1) is 18.3 Å². The number of carbonyl (C=O) groups is 1. The molecule has 2 heterocycles. The summed E-state index contributed by atoms with van der Waals surface area (Å²) < 4.78 is 10.9. The van der Waals surface area contributed by atoms with Crippen LogP contribution in [0.1, 0.15) is 42.9 Å². The molecule has 6 nitrogen and oxygen atoms in total. The highest BCUT2D eigenvalue weighted by atomic mass is 16.5. The molecule has 1 saturated heterocycles. The van der Waals surface area contributed by atoms with Crippen molar-refractivity contribution in [2.45, 2.75) is 39.7 Å². The molecule has 0 radical (unpaired) electrons. The van der Waals surface area contributed by atoms with Crippen LogP contribution in [-0.4, -0.2) is 48.1 Å². The molecular weight excluding hydrogens is 330 g/mol. The average Bonchev–Trinajstić information content (AvgIpc) is 3.01. The number of piperazine rings is 1. The Balaban J connectivity index is 1.77. The molecule has 2 aromatic rings. The zero-order chi connectivity index (χ0) is 18.9. The molecule has 1 aliphatic heterocycles. The van der Waals surface area contributed by atoms with Gasteiger partial charge in [-0.3, -0.25) is 4.79 Å². The van der Waals surface area contributed by atoms with Gasteiger partial charge in [0, 0.05) is 31.7 Å². The number of oxazole rings is 1. The summed E-state index contributed by atoms with van der Waals surface area (Å²) >= 11 is 0. The molecule has 0 N–H and O–H groups in total. The van der Waals surface area contributed by atoms with Crippen molar-refractivity contribution in [3.63, 3.8) is 0 Å². The van der Waals surface area contributed by atoms with Gasteiger partial charge in [0.15, 0.2) is 5.89 Å². The van der Waals surface area contributed by atoms with Gasteiger partial charge < -0.3 is 19.0 Å². The molecule has 0 saturated carbocycles. The van der Waals surface area contributed by atoms with Gasteiger partial charge in [-0.15, -0.1) is 0 Å². The van der Waals surface area contributed by atoms with Crippen LogP contribution in [0.4, 0.5) is 5.69 Å². The molecule has 3 rings (SSSR count). The van der Waals surface area contributed by atoms with E-state index in [-0.39, 0.29) is 11.4 Å². The van der Waals surface area contributed by atoms with E-state index in [1.807, 2.05) is 30.9 Å². The van der Waals surface area contributed by atoms with Crippen molar-refractivity contribution < 1.29 is 13.9 Å². The summed E-state index contributed by atoms with van der Waals surface area (Å²) in [6.07, 6.45) is 0.685. The summed E-state index contributed by atoms with van der Waals surface area (Å²) in [5.74, 6) is 1.75. The Morgan fingerprint density at radius 1 is 1.27 bits per heavy atom. The van der Waals surface area contributed by atoms with E-state index in [1.54, 1.807) is 7.11 Å². The maximum atomic E-state index is 12.9. The lowest BCUT2D eigenvalue weighted by Gasteiger charge is -2.48. The van der Waals surface area contributed by atoms with Crippen LogP contribution in [0.5, 0.6) is 5.75 Å². The number of benzene rings is 1. The molecule has 1 amide bonds. The molecule has 1 aliphatic rings. The first kappa shape index (κ1) is 18.3. The zero-order valence-electron chi connectivity index (χ0n) is 16.2. The normalized spacial score (nSPS) is 16.7. The molecular formula is C20H27N3O3. The van der Waals surface area contributed by atoms with Gasteiger partial charge in [0.1, 0.15) is 5.75 Å². The summed E-state index contributed by atoms with van der Waals surface area (Å²) in [4.78, 5) is 21.4. The third kappa shape index (κ3) is 3.41. The molecule has 0 aliphatic carbocycles. The Kier molecular flexibility index (Phi) is 4.94. The number of methoxy groups -OCH3 is 1. The predicted molar refractivity (Wildman–Crippen MR) is 101 cm³/mol. The first-order valence-electron chi connectivity index (χ1n) is 9.03. The third-order valence-corrected chi connectivity index (χ3v) is 4.91. The maximum Gasteiger partial charge on any atom is 0.291 e. The van der Waals surface area contributed by atoms with Crippen LogP contribution in [0.2, 0.25) is 0 Å². The number of ether oxygens (including phenoxy) is 1. The second-order valence-corrected chi connectivity index (χ2v) is 7.26. The smallest absolute Gasteiger partial charge is 0.291 e. The van der Waals surface area contributed by atoms with E-state index in [0.29, 0.717) is 36.9 Å². The van der Waals surface area contributed by atoms with Gasteiger partial charge >= 0.3 is 0 Å².